The van der Waals surface area contributed by atoms with Crippen molar-refractivity contribution in [2.75, 3.05) is 19.6 Å². The topological polar surface area (TPSA) is 44.0 Å². The fourth-order valence-corrected chi connectivity index (χ4v) is 2.10. The third-order valence-corrected chi connectivity index (χ3v) is 3.56. The molecule has 0 aromatic carbocycles. The third-order valence-electron chi connectivity index (χ3n) is 3.56. The number of nitrogens with zero attached hydrogens (tertiary/aromatic N) is 2. The maximum Gasteiger partial charge on any atom is 0.0925 e. The smallest absolute Gasteiger partial charge is 0.0925 e. The van der Waals surface area contributed by atoms with Gasteiger partial charge in [-0.05, 0) is 46.3 Å². The first-order valence-electron chi connectivity index (χ1n) is 7.11. The van der Waals surface area contributed by atoms with Gasteiger partial charge < -0.3 is 15.2 Å². The SMILES string of the molecule is CCN(CC)CCCC(C)NCc1nc[nH]c1C. The van der Waals surface area contributed by atoms with Crippen molar-refractivity contribution in [3.05, 3.63) is 17.7 Å². The van der Waals surface area contributed by atoms with E-state index in [2.05, 4.69) is 47.9 Å². The highest BCUT2D eigenvalue weighted by molar-refractivity contribution is 5.08. The minimum atomic E-state index is 0.552. The average Bonchev–Trinajstić information content (AvgIpc) is 2.78. The summed E-state index contributed by atoms with van der Waals surface area (Å²) < 4.78 is 0. The van der Waals surface area contributed by atoms with Crippen LogP contribution >= 0.6 is 0 Å². The van der Waals surface area contributed by atoms with Crippen LogP contribution in [0, 0.1) is 6.92 Å². The molecule has 18 heavy (non-hydrogen) atoms. The predicted octanol–water partition coefficient (Wildman–Crippen LogP) is 2.32. The van der Waals surface area contributed by atoms with Gasteiger partial charge in [0, 0.05) is 18.3 Å². The summed E-state index contributed by atoms with van der Waals surface area (Å²) in [6, 6.07) is 0.552. The fourth-order valence-electron chi connectivity index (χ4n) is 2.10. The molecule has 1 atom stereocenters. The first-order chi connectivity index (χ1) is 8.67. The highest BCUT2D eigenvalue weighted by atomic mass is 15.1. The van der Waals surface area contributed by atoms with E-state index in [9.17, 15) is 0 Å². The fraction of sp³-hybridized carbons (Fsp3) is 0.786. The first-order valence-corrected chi connectivity index (χ1v) is 7.11. The van der Waals surface area contributed by atoms with Crippen molar-refractivity contribution in [2.24, 2.45) is 0 Å². The predicted molar refractivity (Wildman–Crippen MR) is 76.6 cm³/mol. The lowest BCUT2D eigenvalue weighted by atomic mass is 10.1. The second kappa shape index (κ2) is 8.27. The maximum atomic E-state index is 4.30. The number of hydrogen-bond acceptors (Lipinski definition) is 3. The summed E-state index contributed by atoms with van der Waals surface area (Å²) in [5.74, 6) is 0. The van der Waals surface area contributed by atoms with Crippen LogP contribution in [0.15, 0.2) is 6.33 Å². The van der Waals surface area contributed by atoms with E-state index in [1.165, 1.54) is 19.4 Å². The van der Waals surface area contributed by atoms with Gasteiger partial charge in [-0.2, -0.15) is 0 Å². The summed E-state index contributed by atoms with van der Waals surface area (Å²) in [7, 11) is 0. The van der Waals surface area contributed by atoms with E-state index in [0.717, 1.165) is 31.0 Å². The molecule has 0 fully saturated rings. The van der Waals surface area contributed by atoms with Crippen molar-refractivity contribution in [2.45, 2.75) is 53.1 Å². The van der Waals surface area contributed by atoms with E-state index in [0.29, 0.717) is 6.04 Å². The minimum Gasteiger partial charge on any atom is -0.348 e. The number of H-pyrrole nitrogens is 1. The molecular weight excluding hydrogens is 224 g/mol. The molecular formula is C14H28N4. The Morgan fingerprint density at radius 3 is 2.67 bits per heavy atom. The molecule has 0 aliphatic carbocycles. The zero-order valence-electron chi connectivity index (χ0n) is 12.3. The van der Waals surface area contributed by atoms with Gasteiger partial charge in [-0.3, -0.25) is 0 Å². The van der Waals surface area contributed by atoms with Gasteiger partial charge in [-0.15, -0.1) is 0 Å². The monoisotopic (exact) mass is 252 g/mol. The van der Waals surface area contributed by atoms with Crippen molar-refractivity contribution in [1.29, 1.82) is 0 Å². The summed E-state index contributed by atoms with van der Waals surface area (Å²) in [6.07, 6.45) is 4.24. The lowest BCUT2D eigenvalue weighted by Crippen LogP contribution is -2.29. The molecule has 0 radical (unpaired) electrons. The van der Waals surface area contributed by atoms with E-state index in [-0.39, 0.29) is 0 Å². The molecule has 0 bridgehead atoms. The van der Waals surface area contributed by atoms with Crippen molar-refractivity contribution in [1.82, 2.24) is 20.2 Å². The highest BCUT2D eigenvalue weighted by Gasteiger charge is 2.06. The summed E-state index contributed by atoms with van der Waals surface area (Å²) >= 11 is 0. The number of imidazole rings is 1. The molecule has 1 rings (SSSR count). The Morgan fingerprint density at radius 2 is 2.11 bits per heavy atom. The molecule has 0 amide bonds. The van der Waals surface area contributed by atoms with E-state index in [1.807, 2.05) is 0 Å². The Bertz CT molecular complexity index is 317. The summed E-state index contributed by atoms with van der Waals surface area (Å²) in [4.78, 5) is 9.88. The van der Waals surface area contributed by atoms with Crippen molar-refractivity contribution < 1.29 is 0 Å². The largest absolute Gasteiger partial charge is 0.348 e. The zero-order chi connectivity index (χ0) is 13.4. The van der Waals surface area contributed by atoms with Crippen LogP contribution < -0.4 is 5.32 Å². The Labute approximate surface area is 111 Å². The van der Waals surface area contributed by atoms with Gasteiger partial charge in [-0.1, -0.05) is 13.8 Å². The molecule has 0 saturated heterocycles. The molecule has 1 aromatic rings. The number of aromatic amines is 1. The van der Waals surface area contributed by atoms with Gasteiger partial charge in [0.2, 0.25) is 0 Å². The molecule has 0 spiro atoms. The summed E-state index contributed by atoms with van der Waals surface area (Å²) in [6.45, 7) is 13.2. The quantitative estimate of drug-likeness (QED) is 0.709. The van der Waals surface area contributed by atoms with Gasteiger partial charge >= 0.3 is 0 Å². The second-order valence-electron chi connectivity index (χ2n) is 4.93. The Kier molecular flexibility index (Phi) is 6.98. The Hall–Kier alpha value is -0.870. The molecule has 4 nitrogen and oxygen atoms in total. The Balaban J connectivity index is 2.14. The van der Waals surface area contributed by atoms with Crippen LogP contribution in [0.3, 0.4) is 0 Å². The molecule has 0 aliphatic rings. The van der Waals surface area contributed by atoms with Crippen molar-refractivity contribution in [3.8, 4) is 0 Å². The second-order valence-corrected chi connectivity index (χ2v) is 4.93. The van der Waals surface area contributed by atoms with Crippen molar-refractivity contribution >= 4 is 0 Å². The molecule has 2 N–H and O–H groups in total. The molecule has 104 valence electrons. The lowest BCUT2D eigenvalue weighted by Gasteiger charge is -2.19. The Morgan fingerprint density at radius 1 is 1.39 bits per heavy atom. The van der Waals surface area contributed by atoms with Gasteiger partial charge in [0.05, 0.1) is 12.0 Å². The number of nitrogens with one attached hydrogen (secondary N) is 2. The molecule has 1 heterocycles. The molecule has 0 saturated carbocycles. The van der Waals surface area contributed by atoms with Gasteiger partial charge in [0.15, 0.2) is 0 Å². The van der Waals surface area contributed by atoms with Crippen LogP contribution in [0.2, 0.25) is 0 Å². The molecule has 4 heteroatoms. The standard InChI is InChI=1S/C14H28N4/c1-5-18(6-2)9-7-8-12(3)15-10-14-13(4)16-11-17-14/h11-12,15H,5-10H2,1-4H3,(H,16,17). The molecule has 1 aromatic heterocycles. The van der Waals surface area contributed by atoms with Gasteiger partial charge in [0.25, 0.3) is 0 Å². The molecule has 1 unspecified atom stereocenters. The normalized spacial score (nSPS) is 13.2. The average molecular weight is 252 g/mol. The summed E-state index contributed by atoms with van der Waals surface area (Å²) in [5.41, 5.74) is 2.29. The zero-order valence-corrected chi connectivity index (χ0v) is 12.3. The van der Waals surface area contributed by atoms with Gasteiger partial charge in [0.1, 0.15) is 0 Å². The van der Waals surface area contributed by atoms with Crippen LogP contribution in [0.25, 0.3) is 0 Å². The number of rotatable bonds is 9. The van der Waals surface area contributed by atoms with E-state index < -0.39 is 0 Å². The number of aromatic nitrogens is 2. The number of aryl methyl sites for hydroxylation is 1. The highest BCUT2D eigenvalue weighted by Crippen LogP contribution is 2.03. The van der Waals surface area contributed by atoms with Crippen LogP contribution in [0.4, 0.5) is 0 Å². The maximum absolute atomic E-state index is 4.30. The van der Waals surface area contributed by atoms with Crippen LogP contribution in [-0.4, -0.2) is 40.5 Å². The summed E-state index contributed by atoms with van der Waals surface area (Å²) in [5, 5.41) is 3.53. The van der Waals surface area contributed by atoms with E-state index in [1.54, 1.807) is 6.33 Å². The van der Waals surface area contributed by atoms with E-state index >= 15 is 0 Å². The van der Waals surface area contributed by atoms with Crippen LogP contribution in [-0.2, 0) is 6.54 Å². The third kappa shape index (κ3) is 5.19. The van der Waals surface area contributed by atoms with Crippen LogP contribution in [0.5, 0.6) is 0 Å². The van der Waals surface area contributed by atoms with E-state index in [4.69, 9.17) is 0 Å². The molecule has 0 aliphatic heterocycles. The van der Waals surface area contributed by atoms with Crippen LogP contribution in [0.1, 0.15) is 45.0 Å². The first kappa shape index (κ1) is 15.2. The minimum absolute atomic E-state index is 0.552. The number of hydrogen-bond donors (Lipinski definition) is 2. The lowest BCUT2D eigenvalue weighted by molar-refractivity contribution is 0.290. The van der Waals surface area contributed by atoms with Gasteiger partial charge in [-0.25, -0.2) is 4.98 Å². The van der Waals surface area contributed by atoms with Crippen molar-refractivity contribution in [3.63, 3.8) is 0 Å².